The van der Waals surface area contributed by atoms with Crippen molar-refractivity contribution in [1.82, 2.24) is 0 Å². The normalized spacial score (nSPS) is 14.5. The van der Waals surface area contributed by atoms with E-state index in [9.17, 15) is 57.5 Å². The number of carbonyl (C=O) groups excluding carboxylic acids is 12. The van der Waals surface area contributed by atoms with Crippen LogP contribution in [-0.4, -0.2) is 70.9 Å². The van der Waals surface area contributed by atoms with Gasteiger partial charge in [-0.25, -0.2) is 29.4 Å². The fourth-order valence-corrected chi connectivity index (χ4v) is 17.6. The summed E-state index contributed by atoms with van der Waals surface area (Å²) in [5, 5.41) is 10.2. The number of hydrogen-bond acceptors (Lipinski definition) is 12. The Morgan fingerprint density at radius 1 is 0.136 bits per heavy atom. The van der Waals surface area contributed by atoms with Gasteiger partial charge in [0.15, 0.2) is 0 Å². The number of nitrogens with zero attached hydrogens (tertiary/aromatic N) is 6. The minimum atomic E-state index is -0.419. The summed E-state index contributed by atoms with van der Waals surface area (Å²) < 4.78 is 0. The molecule has 6 aliphatic rings. The van der Waals surface area contributed by atoms with E-state index in [2.05, 4.69) is 0 Å². The summed E-state index contributed by atoms with van der Waals surface area (Å²) in [6, 6.07) is 96.3. The summed E-state index contributed by atoms with van der Waals surface area (Å²) in [7, 11) is 0. The van der Waals surface area contributed by atoms with Gasteiger partial charge < -0.3 is 0 Å². The van der Waals surface area contributed by atoms with Crippen molar-refractivity contribution in [3.63, 3.8) is 0 Å². The number of hydrogen-bond donors (Lipinski definition) is 0. The van der Waals surface area contributed by atoms with Gasteiger partial charge >= 0.3 is 0 Å². The first-order valence-corrected chi connectivity index (χ1v) is 37.9. The number of amides is 12. The van der Waals surface area contributed by atoms with Gasteiger partial charge in [0.25, 0.3) is 70.9 Å². The molecule has 12 amide bonds. The smallest absolute Gasteiger partial charge is 0.266 e. The molecule has 23 rings (SSSR count). The largest absolute Gasteiger partial charge is 0.268 e. The minimum Gasteiger partial charge on any atom is -0.268 e. The monoisotopic (exact) mass is 1530 g/mol. The molecule has 0 N–H and O–H groups in total. The summed E-state index contributed by atoms with van der Waals surface area (Å²) in [5.41, 5.74) is 9.82. The Morgan fingerprint density at radius 3 is 0.458 bits per heavy atom. The number of imide groups is 6. The number of rotatable bonds is 7. The van der Waals surface area contributed by atoms with Gasteiger partial charge in [-0.2, -0.15) is 0 Å². The summed E-state index contributed by atoms with van der Waals surface area (Å²) in [4.78, 5) is 169. The Bertz CT molecular complexity index is 6810. The maximum absolute atomic E-state index is 13.8. The quantitative estimate of drug-likeness (QED) is 0.136. The summed E-state index contributed by atoms with van der Waals surface area (Å²) in [6.45, 7) is 0. The lowest BCUT2D eigenvalue weighted by Gasteiger charge is -2.31. The molecular formula is C100H54N6O12. The summed E-state index contributed by atoms with van der Waals surface area (Å²) in [5.74, 6) is -4.74. The third kappa shape index (κ3) is 10.3. The van der Waals surface area contributed by atoms with E-state index < -0.39 is 47.3 Å². The molecule has 0 aromatic heterocycles. The highest BCUT2D eigenvalue weighted by Crippen LogP contribution is 2.45. The van der Waals surface area contributed by atoms with Crippen molar-refractivity contribution in [2.24, 2.45) is 0 Å². The molecule has 0 atom stereocenters. The number of carbonyl (C=O) groups is 12. The first kappa shape index (κ1) is 69.4. The lowest BCUT2D eigenvalue weighted by molar-refractivity contribution is 0.0876. The molecule has 0 radical (unpaired) electrons. The number of fused-ring (bicyclic) bond motifs is 1. The van der Waals surface area contributed by atoms with Crippen LogP contribution < -0.4 is 29.4 Å². The molecule has 0 unspecified atom stereocenters. The lowest BCUT2D eigenvalue weighted by Crippen LogP contribution is -2.41. The van der Waals surface area contributed by atoms with Gasteiger partial charge in [0.1, 0.15) is 0 Å². The molecule has 18 heteroatoms. The van der Waals surface area contributed by atoms with Crippen LogP contribution in [0, 0.1) is 0 Å². The van der Waals surface area contributed by atoms with E-state index in [1.165, 1.54) is 19.6 Å². The van der Waals surface area contributed by atoms with Crippen molar-refractivity contribution >= 4 is 180 Å². The molecular weight excluding hydrogens is 1480 g/mol. The Morgan fingerprint density at radius 2 is 0.288 bits per heavy atom. The van der Waals surface area contributed by atoms with Crippen molar-refractivity contribution < 1.29 is 57.5 Å². The molecule has 0 saturated carbocycles. The molecule has 556 valence electrons. The second kappa shape index (κ2) is 26.5. The van der Waals surface area contributed by atoms with E-state index in [0.717, 1.165) is 53.2 Å². The van der Waals surface area contributed by atoms with E-state index in [4.69, 9.17) is 0 Å². The van der Waals surface area contributed by atoms with Gasteiger partial charge in [0, 0.05) is 110 Å². The van der Waals surface area contributed by atoms with Crippen LogP contribution in [0.4, 0.5) is 34.1 Å². The topological polar surface area (TPSA) is 224 Å². The Hall–Kier alpha value is -16.6. The standard InChI is InChI=1S/C36H20N2O4.C34H18N2O4.C30H16N2O4/c39-33-27-9-1-5-23-6-2-10-28(31(23)27)34(40)37(33)25-17-13-21(14-18-25)22-15-19-26(20-16-22)38-35(41)29-11-3-7-24-8-4-12-30(32(24)29)36(38)42;37-31-23-13-3-7-19-8-4-14-24(29(19)23)32(38)35(31)27-17-18-28(22-12-2-1-11-21(22)27)36-33(39)25-15-5-9-20-10-6-16-26(30(20)25)34(36)40;33-27-21-9-1-5-17-6-2-10-22(25(17)21)28(34)31(27)19-13-15-20(16-14-19)32-29(35)23-11-3-7-18-8-4-12-24(26(18)23)30(32)36/h1-20H;1-18H;1-16H. The van der Waals surface area contributed by atoms with Crippen LogP contribution >= 0.6 is 0 Å². The molecule has 0 bridgehead atoms. The van der Waals surface area contributed by atoms with E-state index >= 15 is 0 Å². The van der Waals surface area contributed by atoms with E-state index in [-0.39, 0.29) is 23.6 Å². The summed E-state index contributed by atoms with van der Waals surface area (Å²) in [6.07, 6.45) is 0. The molecule has 0 aliphatic carbocycles. The fourth-order valence-electron chi connectivity index (χ4n) is 17.6. The second-order valence-corrected chi connectivity index (χ2v) is 29.2. The van der Waals surface area contributed by atoms with Crippen LogP contribution in [-0.2, 0) is 0 Å². The van der Waals surface area contributed by atoms with Crippen LogP contribution in [0.5, 0.6) is 0 Å². The molecule has 6 aliphatic heterocycles. The molecule has 0 spiro atoms. The highest BCUT2D eigenvalue weighted by molar-refractivity contribution is 6.42. The Kier molecular flexibility index (Phi) is 15.6. The number of benzene rings is 17. The molecule has 17 aromatic carbocycles. The van der Waals surface area contributed by atoms with Gasteiger partial charge in [-0.05, 0) is 177 Å². The van der Waals surface area contributed by atoms with Gasteiger partial charge in [-0.1, -0.05) is 194 Å². The van der Waals surface area contributed by atoms with Gasteiger partial charge in [-0.3, -0.25) is 57.5 Å². The van der Waals surface area contributed by atoms with Crippen molar-refractivity contribution in [3.8, 4) is 11.1 Å². The molecule has 18 nitrogen and oxygen atoms in total. The van der Waals surface area contributed by atoms with Crippen LogP contribution in [0.25, 0.3) is 86.5 Å². The molecule has 0 saturated heterocycles. The van der Waals surface area contributed by atoms with Crippen LogP contribution in [0.2, 0.25) is 0 Å². The lowest BCUT2D eigenvalue weighted by atomic mass is 9.92. The maximum atomic E-state index is 13.8. The first-order valence-electron chi connectivity index (χ1n) is 37.9. The minimum absolute atomic E-state index is 0.352. The predicted molar refractivity (Wildman–Crippen MR) is 453 cm³/mol. The third-order valence-electron chi connectivity index (χ3n) is 22.9. The highest BCUT2D eigenvalue weighted by Gasteiger charge is 2.42. The van der Waals surface area contributed by atoms with Crippen molar-refractivity contribution in [2.45, 2.75) is 0 Å². The molecule has 118 heavy (non-hydrogen) atoms. The van der Waals surface area contributed by atoms with E-state index in [1.54, 1.807) is 206 Å². The highest BCUT2D eigenvalue weighted by atomic mass is 16.2. The zero-order valence-corrected chi connectivity index (χ0v) is 61.8. The Labute approximate surface area is 669 Å². The van der Waals surface area contributed by atoms with Crippen molar-refractivity contribution in [1.29, 1.82) is 0 Å². The Balaban J connectivity index is 0.000000110. The van der Waals surface area contributed by atoms with Crippen LogP contribution in [0.3, 0.4) is 0 Å². The van der Waals surface area contributed by atoms with Crippen LogP contribution in [0.15, 0.2) is 328 Å². The second-order valence-electron chi connectivity index (χ2n) is 29.2. The van der Waals surface area contributed by atoms with Gasteiger partial charge in [-0.15, -0.1) is 0 Å². The zero-order valence-electron chi connectivity index (χ0n) is 61.8. The first-order chi connectivity index (χ1) is 57.6. The SMILES string of the molecule is O=C1c2cccc3cccc(c23)C(=O)N1c1ccc(-c2ccc(N3C(=O)c4cccc5cccc(c45)C3=O)cc2)cc1.O=C1c2cccc3cccc(c23)C(=O)N1c1ccc(N2C(=O)c3cccc4cccc(c34)C2=O)c2ccccc12.O=C1c2cccc3cccc(c23)C(=O)N1c1ccc(N2C(=O)c3cccc4cccc(c34)C2=O)cc1. The third-order valence-corrected chi connectivity index (χ3v) is 22.9. The summed E-state index contributed by atoms with van der Waals surface area (Å²) >= 11 is 0. The predicted octanol–water partition coefficient (Wildman–Crippen LogP) is 19.6. The van der Waals surface area contributed by atoms with E-state index in [0.29, 0.717) is 144 Å². The van der Waals surface area contributed by atoms with Crippen molar-refractivity contribution in [2.75, 3.05) is 29.4 Å². The molecule has 6 heterocycles. The van der Waals surface area contributed by atoms with E-state index in [1.807, 2.05) is 121 Å². The van der Waals surface area contributed by atoms with Gasteiger partial charge in [0.05, 0.1) is 34.1 Å². The fraction of sp³-hybridized carbons (Fsp3) is 0. The zero-order chi connectivity index (χ0) is 80.2. The number of anilines is 6. The average molecular weight is 1530 g/mol. The maximum Gasteiger partial charge on any atom is 0.266 e. The van der Waals surface area contributed by atoms with Crippen LogP contribution in [0.1, 0.15) is 124 Å². The van der Waals surface area contributed by atoms with Gasteiger partial charge in [0.2, 0.25) is 0 Å². The average Bonchev–Trinajstić information content (AvgIpc) is 0.763. The molecule has 17 aromatic rings. The van der Waals surface area contributed by atoms with Crippen molar-refractivity contribution in [3.05, 3.63) is 394 Å². The molecule has 0 fully saturated rings.